The highest BCUT2D eigenvalue weighted by atomic mass is 16.6. The van der Waals surface area contributed by atoms with Gasteiger partial charge in [-0.25, -0.2) is 4.79 Å². The smallest absolute Gasteiger partial charge is 0.344 e. The molecule has 0 saturated heterocycles. The van der Waals surface area contributed by atoms with E-state index in [4.69, 9.17) is 9.57 Å². The molecule has 0 aromatic carbocycles. The Morgan fingerprint density at radius 2 is 2.05 bits per heavy atom. The summed E-state index contributed by atoms with van der Waals surface area (Å²) >= 11 is 0. The van der Waals surface area contributed by atoms with Gasteiger partial charge in [0, 0.05) is 0 Å². The quantitative estimate of drug-likeness (QED) is 0.459. The highest BCUT2D eigenvalue weighted by molar-refractivity contribution is 6.20. The van der Waals surface area contributed by atoms with Gasteiger partial charge in [-0.1, -0.05) is 25.4 Å². The number of carbonyl (C=O) groups excluding carboxylic acids is 1. The highest BCUT2D eigenvalue weighted by Gasteiger charge is 2.51. The number of oxime groups is 1. The van der Waals surface area contributed by atoms with E-state index in [0.29, 0.717) is 18.7 Å². The van der Waals surface area contributed by atoms with E-state index in [1.165, 1.54) is 0 Å². The number of carbonyl (C=O) groups is 1. The van der Waals surface area contributed by atoms with E-state index in [9.17, 15) is 9.90 Å². The zero-order valence-electron chi connectivity index (χ0n) is 13.9. The van der Waals surface area contributed by atoms with Crippen molar-refractivity contribution >= 4 is 11.7 Å². The Kier molecular flexibility index (Phi) is 5.48. The minimum atomic E-state index is -0.512. The van der Waals surface area contributed by atoms with Crippen molar-refractivity contribution in [2.24, 2.45) is 11.1 Å². The zero-order chi connectivity index (χ0) is 16.2. The number of ether oxygens (including phenoxy) is 1. The van der Waals surface area contributed by atoms with Crippen molar-refractivity contribution in [2.75, 3.05) is 6.61 Å². The lowest BCUT2D eigenvalue weighted by molar-refractivity contribution is -0.164. The minimum Gasteiger partial charge on any atom is -0.511 e. The van der Waals surface area contributed by atoms with Gasteiger partial charge in [0.2, 0.25) is 0 Å². The van der Waals surface area contributed by atoms with E-state index in [0.717, 1.165) is 38.5 Å². The first kappa shape index (κ1) is 16.8. The van der Waals surface area contributed by atoms with E-state index in [2.05, 4.69) is 5.16 Å². The maximum Gasteiger partial charge on any atom is 0.344 e. The first-order valence-corrected chi connectivity index (χ1v) is 8.45. The van der Waals surface area contributed by atoms with Crippen LogP contribution in [0.25, 0.3) is 0 Å². The largest absolute Gasteiger partial charge is 0.511 e. The van der Waals surface area contributed by atoms with Crippen molar-refractivity contribution in [2.45, 2.75) is 71.3 Å². The molecule has 1 heterocycles. The summed E-state index contributed by atoms with van der Waals surface area (Å²) in [5, 5.41) is 14.8. The highest BCUT2D eigenvalue weighted by Crippen LogP contribution is 2.47. The molecule has 1 spiro atoms. The SMILES string of the molecule is CCCC(=NOCC)C1=C(O)C(CC)C2(CCCC2)OC1=O. The third-order valence-electron chi connectivity index (χ3n) is 4.66. The molecule has 1 fully saturated rings. The van der Waals surface area contributed by atoms with E-state index >= 15 is 0 Å². The molecule has 0 aromatic heterocycles. The summed E-state index contributed by atoms with van der Waals surface area (Å²) in [4.78, 5) is 17.6. The van der Waals surface area contributed by atoms with Crippen LogP contribution in [0.2, 0.25) is 0 Å². The van der Waals surface area contributed by atoms with Crippen LogP contribution in [0.1, 0.15) is 65.7 Å². The van der Waals surface area contributed by atoms with Crippen molar-refractivity contribution in [3.8, 4) is 0 Å². The molecule has 22 heavy (non-hydrogen) atoms. The maximum atomic E-state index is 12.5. The van der Waals surface area contributed by atoms with Crippen molar-refractivity contribution in [3.05, 3.63) is 11.3 Å². The van der Waals surface area contributed by atoms with Gasteiger partial charge in [-0.05, 0) is 45.4 Å². The zero-order valence-corrected chi connectivity index (χ0v) is 13.9. The third-order valence-corrected chi connectivity index (χ3v) is 4.66. The molecule has 0 bridgehead atoms. The normalized spacial score (nSPS) is 24.8. The van der Waals surface area contributed by atoms with Crippen LogP contribution in [-0.2, 0) is 14.4 Å². The van der Waals surface area contributed by atoms with Crippen LogP contribution in [0.5, 0.6) is 0 Å². The molecule has 1 N–H and O–H groups in total. The third kappa shape index (κ3) is 2.99. The fourth-order valence-electron chi connectivity index (χ4n) is 3.69. The molecule has 1 atom stereocenters. The molecule has 1 saturated carbocycles. The molecule has 0 radical (unpaired) electrons. The predicted molar refractivity (Wildman–Crippen MR) is 84.7 cm³/mol. The molecule has 1 aliphatic carbocycles. The summed E-state index contributed by atoms with van der Waals surface area (Å²) in [6, 6.07) is 0. The summed E-state index contributed by atoms with van der Waals surface area (Å²) in [5.74, 6) is -0.435. The van der Waals surface area contributed by atoms with Crippen LogP contribution < -0.4 is 0 Å². The van der Waals surface area contributed by atoms with Gasteiger partial charge >= 0.3 is 5.97 Å². The Labute approximate surface area is 132 Å². The summed E-state index contributed by atoms with van der Waals surface area (Å²) < 4.78 is 5.84. The molecule has 0 aromatic rings. The van der Waals surface area contributed by atoms with E-state index in [1.54, 1.807) is 0 Å². The topological polar surface area (TPSA) is 68.1 Å². The van der Waals surface area contributed by atoms with Crippen LogP contribution in [0, 0.1) is 5.92 Å². The molecule has 5 nitrogen and oxygen atoms in total. The van der Waals surface area contributed by atoms with Gasteiger partial charge in [-0.2, -0.15) is 0 Å². The van der Waals surface area contributed by atoms with Gasteiger partial charge in [0.05, 0.1) is 11.6 Å². The van der Waals surface area contributed by atoms with Crippen molar-refractivity contribution < 1.29 is 19.5 Å². The summed E-state index contributed by atoms with van der Waals surface area (Å²) in [7, 11) is 0. The molecule has 1 aliphatic heterocycles. The number of aliphatic hydroxyl groups is 1. The van der Waals surface area contributed by atoms with E-state index in [-0.39, 0.29) is 17.3 Å². The van der Waals surface area contributed by atoms with Gasteiger partial charge in [0.25, 0.3) is 0 Å². The Hall–Kier alpha value is -1.52. The van der Waals surface area contributed by atoms with Crippen LogP contribution in [0.15, 0.2) is 16.5 Å². The second-order valence-electron chi connectivity index (χ2n) is 6.09. The number of hydrogen-bond donors (Lipinski definition) is 1. The number of aliphatic hydroxyl groups excluding tert-OH is 1. The fourth-order valence-corrected chi connectivity index (χ4v) is 3.69. The van der Waals surface area contributed by atoms with Gasteiger partial charge in [0.15, 0.2) is 0 Å². The molecule has 2 rings (SSSR count). The van der Waals surface area contributed by atoms with Gasteiger partial charge in [-0.3, -0.25) is 0 Å². The minimum absolute atomic E-state index is 0.133. The Morgan fingerprint density at radius 3 is 2.59 bits per heavy atom. The predicted octanol–water partition coefficient (Wildman–Crippen LogP) is 3.89. The van der Waals surface area contributed by atoms with Gasteiger partial charge in [0.1, 0.15) is 23.5 Å². The number of esters is 1. The van der Waals surface area contributed by atoms with Crippen LogP contribution in [0.4, 0.5) is 0 Å². The van der Waals surface area contributed by atoms with Crippen molar-refractivity contribution in [3.63, 3.8) is 0 Å². The van der Waals surface area contributed by atoms with Crippen molar-refractivity contribution in [1.29, 1.82) is 0 Å². The second-order valence-corrected chi connectivity index (χ2v) is 6.09. The Balaban J connectivity index is 2.42. The van der Waals surface area contributed by atoms with E-state index < -0.39 is 11.6 Å². The lowest BCUT2D eigenvalue weighted by Gasteiger charge is -2.40. The first-order valence-electron chi connectivity index (χ1n) is 8.45. The lowest BCUT2D eigenvalue weighted by atomic mass is 9.78. The van der Waals surface area contributed by atoms with Crippen LogP contribution >= 0.6 is 0 Å². The molecule has 124 valence electrons. The van der Waals surface area contributed by atoms with Crippen LogP contribution in [0.3, 0.4) is 0 Å². The molecule has 0 amide bonds. The molecule has 2 aliphatic rings. The average molecular weight is 309 g/mol. The first-order chi connectivity index (χ1) is 10.6. The second kappa shape index (κ2) is 7.16. The van der Waals surface area contributed by atoms with E-state index in [1.807, 2.05) is 20.8 Å². The fraction of sp³-hybridized carbons (Fsp3) is 0.765. The average Bonchev–Trinajstić information content (AvgIpc) is 2.93. The standard InChI is InChI=1S/C17H27NO4/c1-4-9-13(18-21-6-3)14-15(19)12(5-2)17(22-16(14)20)10-7-8-11-17/h12,19H,4-11H2,1-3H3. The van der Waals surface area contributed by atoms with Crippen molar-refractivity contribution in [1.82, 2.24) is 0 Å². The summed E-state index contributed by atoms with van der Waals surface area (Å²) in [6.45, 7) is 6.29. The summed E-state index contributed by atoms with van der Waals surface area (Å²) in [5.41, 5.74) is 0.209. The Bertz CT molecular complexity index is 475. The molecular formula is C17H27NO4. The molecule has 1 unspecified atom stereocenters. The number of nitrogens with zero attached hydrogens (tertiary/aromatic N) is 1. The lowest BCUT2D eigenvalue weighted by Crippen LogP contribution is -2.46. The molecule has 5 heteroatoms. The summed E-state index contributed by atoms with van der Waals surface area (Å²) in [6.07, 6.45) is 5.90. The van der Waals surface area contributed by atoms with Crippen LogP contribution in [-0.4, -0.2) is 29.0 Å². The molecular weight excluding hydrogens is 282 g/mol. The monoisotopic (exact) mass is 309 g/mol. The number of hydrogen-bond acceptors (Lipinski definition) is 5. The Morgan fingerprint density at radius 1 is 1.36 bits per heavy atom. The van der Waals surface area contributed by atoms with Gasteiger partial charge in [-0.15, -0.1) is 0 Å². The number of rotatable bonds is 6. The van der Waals surface area contributed by atoms with Gasteiger partial charge < -0.3 is 14.7 Å². The maximum absolute atomic E-state index is 12.5.